The smallest absolute Gasteiger partial charge is 0.152 e. The molecule has 0 atom stereocenters. The summed E-state index contributed by atoms with van der Waals surface area (Å²) in [5.74, 6) is -0.0143. The third-order valence-electron chi connectivity index (χ3n) is 4.78. The van der Waals surface area contributed by atoms with Crippen LogP contribution in [0.15, 0.2) is 53.8 Å². The topological polar surface area (TPSA) is 94.6 Å². The summed E-state index contributed by atoms with van der Waals surface area (Å²) in [5, 5.41) is 20.4. The summed E-state index contributed by atoms with van der Waals surface area (Å²) in [6, 6.07) is 10.9. The quantitative estimate of drug-likeness (QED) is 0.617. The van der Waals surface area contributed by atoms with Crippen molar-refractivity contribution in [1.82, 2.24) is 9.97 Å². The number of aromatic nitrogens is 2. The Morgan fingerprint density at radius 1 is 1.16 bits per heavy atom. The Morgan fingerprint density at radius 3 is 2.68 bits per heavy atom. The Bertz CT molecular complexity index is 1190. The lowest BCUT2D eigenvalue weighted by atomic mass is 10.1. The van der Waals surface area contributed by atoms with Crippen molar-refractivity contribution in [1.29, 1.82) is 5.26 Å². The van der Waals surface area contributed by atoms with Crippen molar-refractivity contribution < 1.29 is 14.2 Å². The molecule has 0 unspecified atom stereocenters. The van der Waals surface area contributed by atoms with Crippen LogP contribution in [0.3, 0.4) is 0 Å². The molecule has 2 aromatic heterocycles. The summed E-state index contributed by atoms with van der Waals surface area (Å²) < 4.78 is 18.8. The lowest BCUT2D eigenvalue weighted by molar-refractivity contribution is 0.122. The van der Waals surface area contributed by atoms with Crippen molar-refractivity contribution in [2.45, 2.75) is 0 Å². The fourth-order valence-electron chi connectivity index (χ4n) is 3.22. The number of aliphatic imine (C=N–C) groups is 1. The van der Waals surface area contributed by atoms with Crippen LogP contribution in [0.1, 0.15) is 5.56 Å². The molecule has 0 amide bonds. The highest BCUT2D eigenvalue weighted by Crippen LogP contribution is 2.32. The average molecular weight is 438 g/mol. The molecule has 1 fully saturated rings. The van der Waals surface area contributed by atoms with Crippen LogP contribution >= 0.6 is 11.6 Å². The molecule has 4 rings (SSSR count). The second-order valence-corrected chi connectivity index (χ2v) is 7.14. The Balaban J connectivity index is 1.72. The van der Waals surface area contributed by atoms with E-state index in [1.165, 1.54) is 24.4 Å². The Morgan fingerprint density at radius 2 is 1.94 bits per heavy atom. The number of ether oxygens (including phenoxy) is 1. The SMILES string of the molecule is N#CC(=Nc1ccc(F)c(Cl)c1)c1ccnc(-c2ccnc(N3CCOCC3)c2)c1O. The summed E-state index contributed by atoms with van der Waals surface area (Å²) in [6.45, 7) is 2.70. The Labute approximate surface area is 183 Å². The van der Waals surface area contributed by atoms with Crippen LogP contribution in [0.5, 0.6) is 5.75 Å². The van der Waals surface area contributed by atoms with Gasteiger partial charge in [-0.15, -0.1) is 0 Å². The Hall–Kier alpha value is -3.54. The lowest BCUT2D eigenvalue weighted by Crippen LogP contribution is -2.36. The van der Waals surface area contributed by atoms with Gasteiger partial charge in [-0.25, -0.2) is 14.4 Å². The molecular weight excluding hydrogens is 421 g/mol. The number of aromatic hydroxyl groups is 1. The van der Waals surface area contributed by atoms with Gasteiger partial charge < -0.3 is 14.7 Å². The van der Waals surface area contributed by atoms with E-state index in [9.17, 15) is 14.8 Å². The van der Waals surface area contributed by atoms with E-state index in [2.05, 4.69) is 19.9 Å². The molecule has 1 aromatic carbocycles. The third kappa shape index (κ3) is 4.48. The molecule has 0 saturated carbocycles. The second-order valence-electron chi connectivity index (χ2n) is 6.73. The predicted molar refractivity (Wildman–Crippen MR) is 115 cm³/mol. The molecule has 7 nitrogen and oxygen atoms in total. The summed E-state index contributed by atoms with van der Waals surface area (Å²) >= 11 is 5.80. The van der Waals surface area contributed by atoms with Gasteiger partial charge in [0.1, 0.15) is 23.4 Å². The second kappa shape index (κ2) is 9.08. The maximum atomic E-state index is 13.4. The number of hydrogen-bond acceptors (Lipinski definition) is 7. The molecule has 0 aliphatic carbocycles. The fourth-order valence-corrected chi connectivity index (χ4v) is 3.39. The number of hydrogen-bond donors (Lipinski definition) is 1. The first-order valence-electron chi connectivity index (χ1n) is 9.48. The molecule has 1 aliphatic rings. The van der Waals surface area contributed by atoms with Gasteiger partial charge in [0.2, 0.25) is 0 Å². The molecule has 1 N–H and O–H groups in total. The van der Waals surface area contributed by atoms with Gasteiger partial charge in [0.05, 0.1) is 29.5 Å². The number of morpholine rings is 1. The van der Waals surface area contributed by atoms with E-state index >= 15 is 0 Å². The highest BCUT2D eigenvalue weighted by atomic mass is 35.5. The zero-order valence-electron chi connectivity index (χ0n) is 16.3. The summed E-state index contributed by atoms with van der Waals surface area (Å²) in [4.78, 5) is 15.0. The first-order chi connectivity index (χ1) is 15.1. The minimum Gasteiger partial charge on any atom is -0.505 e. The lowest BCUT2D eigenvalue weighted by Gasteiger charge is -2.28. The molecule has 156 valence electrons. The van der Waals surface area contributed by atoms with E-state index in [4.69, 9.17) is 16.3 Å². The normalized spacial score (nSPS) is 14.4. The minimum atomic E-state index is -0.582. The van der Waals surface area contributed by atoms with E-state index in [-0.39, 0.29) is 22.0 Å². The first-order valence-corrected chi connectivity index (χ1v) is 9.86. The molecule has 9 heteroatoms. The number of nitrogens with zero attached hydrogens (tertiary/aromatic N) is 5. The monoisotopic (exact) mass is 437 g/mol. The molecule has 0 spiro atoms. The minimum absolute atomic E-state index is 0.0497. The van der Waals surface area contributed by atoms with Gasteiger partial charge in [0.25, 0.3) is 0 Å². The number of nitriles is 1. The van der Waals surface area contributed by atoms with Gasteiger partial charge in [0.15, 0.2) is 11.5 Å². The largest absolute Gasteiger partial charge is 0.505 e. The molecule has 3 aromatic rings. The highest BCUT2D eigenvalue weighted by molar-refractivity contribution is 6.31. The van der Waals surface area contributed by atoms with Crippen molar-refractivity contribution in [2.24, 2.45) is 4.99 Å². The number of pyridine rings is 2. The molecule has 1 saturated heterocycles. The number of anilines is 1. The van der Waals surface area contributed by atoms with Gasteiger partial charge in [0, 0.05) is 31.0 Å². The van der Waals surface area contributed by atoms with Crippen LogP contribution < -0.4 is 4.90 Å². The number of benzene rings is 1. The number of halogens is 2. The average Bonchev–Trinajstić information content (AvgIpc) is 2.81. The van der Waals surface area contributed by atoms with E-state index in [0.717, 1.165) is 25.0 Å². The van der Waals surface area contributed by atoms with Crippen LogP contribution in [0, 0.1) is 17.1 Å². The van der Waals surface area contributed by atoms with Gasteiger partial charge in [-0.1, -0.05) is 11.6 Å². The summed E-state index contributed by atoms with van der Waals surface area (Å²) in [7, 11) is 0. The van der Waals surface area contributed by atoms with Crippen molar-refractivity contribution in [3.8, 4) is 23.1 Å². The number of rotatable bonds is 4. The van der Waals surface area contributed by atoms with E-state index < -0.39 is 5.82 Å². The first kappa shape index (κ1) is 20.7. The summed E-state index contributed by atoms with van der Waals surface area (Å²) in [6.07, 6.45) is 3.14. The molecule has 3 heterocycles. The van der Waals surface area contributed by atoms with Gasteiger partial charge >= 0.3 is 0 Å². The fraction of sp³-hybridized carbons (Fsp3) is 0.182. The zero-order chi connectivity index (χ0) is 21.8. The van der Waals surface area contributed by atoms with Crippen LogP contribution in [0.4, 0.5) is 15.9 Å². The van der Waals surface area contributed by atoms with Gasteiger partial charge in [-0.05, 0) is 36.4 Å². The highest BCUT2D eigenvalue weighted by Gasteiger charge is 2.18. The van der Waals surface area contributed by atoms with E-state index in [1.807, 2.05) is 12.1 Å². The molecular formula is C22H17ClFN5O2. The van der Waals surface area contributed by atoms with Gasteiger partial charge in [-0.2, -0.15) is 5.26 Å². The van der Waals surface area contributed by atoms with Crippen LogP contribution in [-0.2, 0) is 4.74 Å². The predicted octanol–water partition coefficient (Wildman–Crippen LogP) is 4.12. The molecule has 31 heavy (non-hydrogen) atoms. The van der Waals surface area contributed by atoms with Crippen LogP contribution in [-0.4, -0.2) is 47.1 Å². The van der Waals surface area contributed by atoms with Crippen LogP contribution in [0.25, 0.3) is 11.3 Å². The van der Waals surface area contributed by atoms with Crippen molar-refractivity contribution in [2.75, 3.05) is 31.2 Å². The van der Waals surface area contributed by atoms with Crippen molar-refractivity contribution in [3.05, 3.63) is 65.2 Å². The molecule has 1 aliphatic heterocycles. The Kier molecular flexibility index (Phi) is 6.07. The third-order valence-corrected chi connectivity index (χ3v) is 5.07. The van der Waals surface area contributed by atoms with E-state index in [1.54, 1.807) is 12.3 Å². The van der Waals surface area contributed by atoms with Crippen molar-refractivity contribution >= 4 is 28.8 Å². The van der Waals surface area contributed by atoms with E-state index in [0.29, 0.717) is 30.2 Å². The molecule has 0 radical (unpaired) electrons. The van der Waals surface area contributed by atoms with Gasteiger partial charge in [-0.3, -0.25) is 4.98 Å². The van der Waals surface area contributed by atoms with Crippen molar-refractivity contribution in [3.63, 3.8) is 0 Å². The maximum Gasteiger partial charge on any atom is 0.152 e. The zero-order valence-corrected chi connectivity index (χ0v) is 17.1. The summed E-state index contributed by atoms with van der Waals surface area (Å²) in [5.41, 5.74) is 1.40. The van der Waals surface area contributed by atoms with Crippen LogP contribution in [0.2, 0.25) is 5.02 Å². The maximum absolute atomic E-state index is 13.4. The molecule has 0 bridgehead atoms. The standard InChI is InChI=1S/C22H17ClFN5O2/c23-17-12-15(1-2-18(17)24)28-19(13-25)16-4-6-27-21(22(16)30)14-3-5-26-20(11-14)29-7-9-31-10-8-29/h1-6,11-12,30H,7-10H2.